The van der Waals surface area contributed by atoms with Gasteiger partial charge in [0.25, 0.3) is 5.91 Å². The first-order valence-corrected chi connectivity index (χ1v) is 15.0. The number of amides is 1. The summed E-state index contributed by atoms with van der Waals surface area (Å²) in [6, 6.07) is 3.17. The Balaban J connectivity index is 2.42. The van der Waals surface area contributed by atoms with Crippen molar-refractivity contribution in [2.45, 2.75) is 71.1 Å². The summed E-state index contributed by atoms with van der Waals surface area (Å²) in [5, 5.41) is 17.0. The van der Waals surface area contributed by atoms with Crippen molar-refractivity contribution in [1.29, 1.82) is 0 Å². The molecule has 1 amide bonds. The van der Waals surface area contributed by atoms with Crippen molar-refractivity contribution in [1.82, 2.24) is 15.1 Å². The van der Waals surface area contributed by atoms with Gasteiger partial charge in [0.2, 0.25) is 0 Å². The molecule has 1 heterocycles. The number of alkyl halides is 6. The zero-order valence-electron chi connectivity index (χ0n) is 22.8. The molecule has 8 nitrogen and oxygen atoms in total. The van der Waals surface area contributed by atoms with Gasteiger partial charge in [-0.15, -0.1) is 13.2 Å². The number of hydrogen-bond donors (Lipinski definition) is 2. The minimum absolute atomic E-state index is 0.0467. The van der Waals surface area contributed by atoms with Gasteiger partial charge >= 0.3 is 12.5 Å². The number of halogens is 7. The summed E-state index contributed by atoms with van der Waals surface area (Å²) >= 11 is 6.42. The highest BCUT2D eigenvalue weighted by Crippen LogP contribution is 2.40. The van der Waals surface area contributed by atoms with E-state index in [4.69, 9.17) is 11.6 Å². The number of ether oxygens (including phenoxy) is 1. The number of hydrogen-bond acceptors (Lipinski definition) is 6. The molecule has 1 aromatic heterocycles. The number of aliphatic hydroxyl groups is 1. The molecule has 1 aromatic carbocycles. The standard InChI is InChI=1S/C25H32ClF6N3O5S/c1-5-23(37,10-7-11-41(4,38)39)14-33-22(36)20-19(26)21(35(6-2)34-20)17-9-8-16(12-15(3)24(27,28)29)13-18(17)40-25(30,31)32/h8-9,13,15,37H,5-7,10-12,14H2,1-4H3,(H,33,36). The Labute approximate surface area is 238 Å². The van der Waals surface area contributed by atoms with E-state index in [2.05, 4.69) is 15.2 Å². The van der Waals surface area contributed by atoms with Crippen LogP contribution in [0.25, 0.3) is 11.3 Å². The van der Waals surface area contributed by atoms with Crippen LogP contribution in [0.1, 0.15) is 56.1 Å². The molecule has 0 saturated heterocycles. The Morgan fingerprint density at radius 2 is 1.83 bits per heavy atom. The number of nitrogens with zero attached hydrogens (tertiary/aromatic N) is 2. The van der Waals surface area contributed by atoms with E-state index < -0.39 is 52.0 Å². The van der Waals surface area contributed by atoms with E-state index in [-0.39, 0.29) is 65.6 Å². The minimum Gasteiger partial charge on any atom is -0.405 e. The quantitative estimate of drug-likeness (QED) is 0.279. The highest BCUT2D eigenvalue weighted by molar-refractivity contribution is 7.90. The molecule has 0 aliphatic heterocycles. The number of aryl methyl sites for hydroxylation is 1. The van der Waals surface area contributed by atoms with E-state index in [1.54, 1.807) is 13.8 Å². The third-order valence-corrected chi connectivity index (χ3v) is 7.82. The zero-order chi connectivity index (χ0) is 31.4. The van der Waals surface area contributed by atoms with E-state index in [0.717, 1.165) is 30.0 Å². The van der Waals surface area contributed by atoms with Crippen LogP contribution in [0, 0.1) is 5.92 Å². The normalized spacial score (nSPS) is 14.9. The second-order valence-electron chi connectivity index (χ2n) is 9.85. The van der Waals surface area contributed by atoms with Gasteiger partial charge in [0.1, 0.15) is 15.6 Å². The zero-order valence-corrected chi connectivity index (χ0v) is 24.4. The number of sulfone groups is 1. The van der Waals surface area contributed by atoms with Gasteiger partial charge in [-0.05, 0) is 50.3 Å². The number of carbonyl (C=O) groups is 1. The number of rotatable bonds is 13. The topological polar surface area (TPSA) is 111 Å². The van der Waals surface area contributed by atoms with E-state index >= 15 is 0 Å². The fraction of sp³-hybridized carbons (Fsp3) is 0.600. The van der Waals surface area contributed by atoms with Gasteiger partial charge in [0.05, 0.1) is 22.2 Å². The number of aromatic nitrogens is 2. The molecule has 2 rings (SSSR count). The molecule has 2 N–H and O–H groups in total. The van der Waals surface area contributed by atoms with Crippen LogP contribution in [0.4, 0.5) is 26.3 Å². The van der Waals surface area contributed by atoms with Gasteiger partial charge in [-0.3, -0.25) is 9.48 Å². The summed E-state index contributed by atoms with van der Waals surface area (Å²) in [6.45, 7) is 3.88. The van der Waals surface area contributed by atoms with Gasteiger partial charge in [-0.1, -0.05) is 31.5 Å². The maximum Gasteiger partial charge on any atom is 0.573 e. The smallest absolute Gasteiger partial charge is 0.405 e. The van der Waals surface area contributed by atoms with Gasteiger partial charge in [0, 0.05) is 30.7 Å². The summed E-state index contributed by atoms with van der Waals surface area (Å²) in [6.07, 6.45) is -8.90. The van der Waals surface area contributed by atoms with Crippen LogP contribution in [0.3, 0.4) is 0 Å². The maximum absolute atomic E-state index is 13.3. The molecule has 0 aliphatic carbocycles. The average molecular weight is 636 g/mol. The van der Waals surface area contributed by atoms with Crippen molar-refractivity contribution in [3.63, 3.8) is 0 Å². The SMILES string of the molecule is CCn1nc(C(=O)NCC(O)(CC)CCCS(C)(=O)=O)c(Cl)c1-c1ccc(CC(C)C(F)(F)F)cc1OC(F)(F)F. The molecule has 0 saturated carbocycles. The van der Waals surface area contributed by atoms with Crippen molar-refractivity contribution in [2.24, 2.45) is 5.92 Å². The summed E-state index contributed by atoms with van der Waals surface area (Å²) in [7, 11) is -3.26. The van der Waals surface area contributed by atoms with Crippen molar-refractivity contribution in [3.8, 4) is 17.0 Å². The molecule has 0 spiro atoms. The summed E-state index contributed by atoms with van der Waals surface area (Å²) < 4.78 is 107. The fourth-order valence-corrected chi connectivity index (χ4v) is 5.01. The predicted octanol–water partition coefficient (Wildman–Crippen LogP) is 5.56. The fourth-order valence-electron chi connectivity index (χ4n) is 4.02. The van der Waals surface area contributed by atoms with Crippen molar-refractivity contribution < 1.29 is 49.4 Å². The molecule has 2 unspecified atom stereocenters. The molecular formula is C25H32ClF6N3O5S. The van der Waals surface area contributed by atoms with Crippen molar-refractivity contribution in [2.75, 3.05) is 18.6 Å². The van der Waals surface area contributed by atoms with Crippen molar-refractivity contribution in [3.05, 3.63) is 34.5 Å². The lowest BCUT2D eigenvalue weighted by molar-refractivity contribution is -0.274. The van der Waals surface area contributed by atoms with Gasteiger partial charge < -0.3 is 15.2 Å². The lowest BCUT2D eigenvalue weighted by atomic mass is 9.95. The number of nitrogens with one attached hydrogen (secondary N) is 1. The van der Waals surface area contributed by atoms with E-state index in [1.807, 2.05) is 0 Å². The van der Waals surface area contributed by atoms with Crippen molar-refractivity contribution >= 4 is 27.3 Å². The van der Waals surface area contributed by atoms with Crippen LogP contribution in [0.2, 0.25) is 5.02 Å². The molecule has 0 aliphatic rings. The van der Waals surface area contributed by atoms with Crippen LogP contribution < -0.4 is 10.1 Å². The first-order chi connectivity index (χ1) is 18.7. The Morgan fingerprint density at radius 1 is 1.20 bits per heavy atom. The van der Waals surface area contributed by atoms with Gasteiger partial charge in [-0.25, -0.2) is 8.42 Å². The first-order valence-electron chi connectivity index (χ1n) is 12.6. The van der Waals surface area contributed by atoms with Gasteiger partial charge in [0.15, 0.2) is 5.69 Å². The van der Waals surface area contributed by atoms with Gasteiger partial charge in [-0.2, -0.15) is 18.3 Å². The van der Waals surface area contributed by atoms with Crippen LogP contribution >= 0.6 is 11.6 Å². The first kappa shape index (κ1) is 34.7. The van der Waals surface area contributed by atoms with Crippen LogP contribution in [0.5, 0.6) is 5.75 Å². The number of carbonyl (C=O) groups excluding carboxylic acids is 1. The predicted molar refractivity (Wildman–Crippen MR) is 140 cm³/mol. The van der Waals surface area contributed by atoms with Crippen LogP contribution in [-0.2, 0) is 22.8 Å². The molecule has 2 aromatic rings. The molecule has 0 bridgehead atoms. The Kier molecular flexibility index (Phi) is 11.2. The highest BCUT2D eigenvalue weighted by Gasteiger charge is 2.37. The van der Waals surface area contributed by atoms with Crippen LogP contribution in [0.15, 0.2) is 18.2 Å². The number of benzene rings is 1. The third-order valence-electron chi connectivity index (χ3n) is 6.43. The third kappa shape index (κ3) is 10.1. The Morgan fingerprint density at radius 3 is 2.34 bits per heavy atom. The van der Waals surface area contributed by atoms with Crippen LogP contribution in [-0.4, -0.2) is 65.9 Å². The average Bonchev–Trinajstić information content (AvgIpc) is 3.16. The molecule has 41 heavy (non-hydrogen) atoms. The van der Waals surface area contributed by atoms with E-state index in [1.165, 1.54) is 6.07 Å². The second-order valence-corrected chi connectivity index (χ2v) is 12.5. The molecule has 0 radical (unpaired) electrons. The molecule has 232 valence electrons. The highest BCUT2D eigenvalue weighted by atomic mass is 35.5. The second kappa shape index (κ2) is 13.2. The lowest BCUT2D eigenvalue weighted by Crippen LogP contribution is -2.43. The Bertz CT molecular complexity index is 1330. The maximum atomic E-state index is 13.3. The minimum atomic E-state index is -5.19. The monoisotopic (exact) mass is 635 g/mol. The summed E-state index contributed by atoms with van der Waals surface area (Å²) in [4.78, 5) is 13.0. The Hall–Kier alpha value is -2.52. The molecule has 16 heteroatoms. The summed E-state index contributed by atoms with van der Waals surface area (Å²) in [5.74, 6) is -3.66. The lowest BCUT2D eigenvalue weighted by Gasteiger charge is -2.26. The van der Waals surface area contributed by atoms with E-state index in [0.29, 0.717) is 0 Å². The molecule has 2 atom stereocenters. The summed E-state index contributed by atoms with van der Waals surface area (Å²) in [5.41, 5.74) is -2.27. The molecular weight excluding hydrogens is 604 g/mol. The van der Waals surface area contributed by atoms with E-state index in [9.17, 15) is 44.7 Å². The molecule has 0 fully saturated rings. The largest absolute Gasteiger partial charge is 0.573 e.